The summed E-state index contributed by atoms with van der Waals surface area (Å²) in [6.45, 7) is 1.61. The molecule has 0 spiro atoms. The summed E-state index contributed by atoms with van der Waals surface area (Å²) in [6.07, 6.45) is 1.26. The van der Waals surface area contributed by atoms with Crippen molar-refractivity contribution in [2.24, 2.45) is 0 Å². The number of hydrogen-bond acceptors (Lipinski definition) is 5. The predicted octanol–water partition coefficient (Wildman–Crippen LogP) is -0.785. The van der Waals surface area contributed by atoms with E-state index in [1.54, 1.807) is 25.9 Å². The van der Waals surface area contributed by atoms with Crippen molar-refractivity contribution in [3.8, 4) is 0 Å². The topological polar surface area (TPSA) is 69.2 Å². The molecule has 0 saturated carbocycles. The number of nitrogens with zero attached hydrogens (tertiary/aromatic N) is 3. The van der Waals surface area contributed by atoms with Crippen LogP contribution in [0.3, 0.4) is 0 Å². The SMILES string of the molecule is Cc1nc(N(C)C)ncc1C(=O)[O-]. The minimum Gasteiger partial charge on any atom is -0.545 e. The molecule has 70 valence electrons. The lowest BCUT2D eigenvalue weighted by Gasteiger charge is -2.12. The van der Waals surface area contributed by atoms with Crippen LogP contribution in [0.4, 0.5) is 5.95 Å². The molecule has 1 heterocycles. The Morgan fingerprint density at radius 1 is 1.54 bits per heavy atom. The van der Waals surface area contributed by atoms with E-state index in [0.717, 1.165) is 0 Å². The van der Waals surface area contributed by atoms with Crippen LogP contribution >= 0.6 is 0 Å². The van der Waals surface area contributed by atoms with Crippen LogP contribution in [-0.2, 0) is 0 Å². The minimum atomic E-state index is -1.25. The number of carbonyl (C=O) groups excluding carboxylic acids is 1. The molecule has 1 aromatic heterocycles. The Balaban J connectivity index is 3.13. The average molecular weight is 180 g/mol. The van der Waals surface area contributed by atoms with E-state index >= 15 is 0 Å². The first kappa shape index (κ1) is 9.44. The number of rotatable bonds is 2. The maximum atomic E-state index is 10.5. The molecule has 0 unspecified atom stereocenters. The summed E-state index contributed by atoms with van der Waals surface area (Å²) < 4.78 is 0. The van der Waals surface area contributed by atoms with Gasteiger partial charge in [0.2, 0.25) is 5.95 Å². The van der Waals surface area contributed by atoms with Gasteiger partial charge in [0, 0.05) is 25.9 Å². The Hall–Kier alpha value is -1.65. The first-order chi connectivity index (χ1) is 6.02. The van der Waals surface area contributed by atoms with Crippen LogP contribution in [0.2, 0.25) is 0 Å². The molecule has 0 amide bonds. The van der Waals surface area contributed by atoms with Crippen molar-refractivity contribution >= 4 is 11.9 Å². The number of carboxylic acids is 1. The second-order valence-electron chi connectivity index (χ2n) is 2.85. The van der Waals surface area contributed by atoms with E-state index in [1.165, 1.54) is 6.20 Å². The molecule has 0 bridgehead atoms. The standard InChI is InChI=1S/C8H11N3O2/c1-5-6(7(12)13)4-9-8(10-5)11(2)3/h4H,1-3H3,(H,12,13)/p-1. The molecule has 0 aliphatic heterocycles. The van der Waals surface area contributed by atoms with Crippen LogP contribution in [0.1, 0.15) is 16.1 Å². The van der Waals surface area contributed by atoms with Crippen LogP contribution in [0.5, 0.6) is 0 Å². The van der Waals surface area contributed by atoms with Crippen molar-refractivity contribution in [2.45, 2.75) is 6.92 Å². The lowest BCUT2D eigenvalue weighted by Crippen LogP contribution is -2.25. The van der Waals surface area contributed by atoms with Crippen molar-refractivity contribution in [2.75, 3.05) is 19.0 Å². The van der Waals surface area contributed by atoms with Gasteiger partial charge >= 0.3 is 0 Å². The fraction of sp³-hybridized carbons (Fsp3) is 0.375. The third-order valence-electron chi connectivity index (χ3n) is 1.59. The van der Waals surface area contributed by atoms with E-state index < -0.39 is 5.97 Å². The number of hydrogen-bond donors (Lipinski definition) is 0. The summed E-state index contributed by atoms with van der Waals surface area (Å²) in [5.41, 5.74) is 0.448. The van der Waals surface area contributed by atoms with Gasteiger partial charge in [-0.3, -0.25) is 0 Å². The summed E-state index contributed by atoms with van der Waals surface area (Å²) in [6, 6.07) is 0. The third kappa shape index (κ3) is 1.93. The lowest BCUT2D eigenvalue weighted by atomic mass is 10.2. The lowest BCUT2D eigenvalue weighted by molar-refractivity contribution is -0.255. The zero-order valence-corrected chi connectivity index (χ0v) is 7.74. The maximum absolute atomic E-state index is 10.5. The fourth-order valence-electron chi connectivity index (χ4n) is 0.871. The van der Waals surface area contributed by atoms with Crippen molar-refractivity contribution in [1.82, 2.24) is 9.97 Å². The number of aromatic carboxylic acids is 1. The quantitative estimate of drug-likeness (QED) is 0.596. The third-order valence-corrected chi connectivity index (χ3v) is 1.59. The molecular formula is C8H10N3O2-. The molecule has 0 radical (unpaired) electrons. The molecule has 0 N–H and O–H groups in total. The summed E-state index contributed by atoms with van der Waals surface area (Å²) in [4.78, 5) is 20.0. The second kappa shape index (κ2) is 3.38. The molecule has 1 aromatic rings. The Morgan fingerprint density at radius 2 is 2.15 bits per heavy atom. The van der Waals surface area contributed by atoms with Crippen LogP contribution in [0.25, 0.3) is 0 Å². The van der Waals surface area contributed by atoms with Gasteiger partial charge in [-0.25, -0.2) is 9.97 Å². The van der Waals surface area contributed by atoms with Crippen molar-refractivity contribution < 1.29 is 9.90 Å². The van der Waals surface area contributed by atoms with E-state index in [1.807, 2.05) is 0 Å². The highest BCUT2D eigenvalue weighted by molar-refractivity contribution is 5.86. The average Bonchev–Trinajstić information content (AvgIpc) is 2.03. The summed E-state index contributed by atoms with van der Waals surface area (Å²) >= 11 is 0. The minimum absolute atomic E-state index is 0.0330. The van der Waals surface area contributed by atoms with Gasteiger partial charge < -0.3 is 14.8 Å². The van der Waals surface area contributed by atoms with Gasteiger partial charge in [0.25, 0.3) is 0 Å². The molecule has 0 fully saturated rings. The van der Waals surface area contributed by atoms with Gasteiger partial charge in [-0.1, -0.05) is 0 Å². The molecule has 1 rings (SSSR count). The molecule has 0 atom stereocenters. The number of aryl methyl sites for hydroxylation is 1. The highest BCUT2D eigenvalue weighted by Gasteiger charge is 2.04. The normalized spacial score (nSPS) is 9.77. The predicted molar refractivity (Wildman–Crippen MR) is 45.4 cm³/mol. The number of anilines is 1. The van der Waals surface area contributed by atoms with Crippen LogP contribution in [0.15, 0.2) is 6.20 Å². The van der Waals surface area contributed by atoms with Gasteiger partial charge in [0.15, 0.2) is 0 Å². The van der Waals surface area contributed by atoms with Gasteiger partial charge in [0.05, 0.1) is 11.7 Å². The monoisotopic (exact) mass is 180 g/mol. The highest BCUT2D eigenvalue weighted by atomic mass is 16.4. The highest BCUT2D eigenvalue weighted by Crippen LogP contribution is 2.07. The zero-order chi connectivity index (χ0) is 10.0. The number of carbonyl (C=O) groups is 1. The Bertz CT molecular complexity index is 336. The Morgan fingerprint density at radius 3 is 2.54 bits per heavy atom. The molecule has 5 heteroatoms. The molecule has 0 aliphatic carbocycles. The van der Waals surface area contributed by atoms with E-state index in [0.29, 0.717) is 11.6 Å². The number of carboxylic acid groups (broad SMARTS) is 1. The molecule has 13 heavy (non-hydrogen) atoms. The smallest absolute Gasteiger partial charge is 0.225 e. The van der Waals surface area contributed by atoms with E-state index in [4.69, 9.17) is 0 Å². The summed E-state index contributed by atoms with van der Waals surface area (Å²) in [7, 11) is 3.57. The van der Waals surface area contributed by atoms with Crippen LogP contribution < -0.4 is 10.0 Å². The van der Waals surface area contributed by atoms with Gasteiger partial charge in [-0.2, -0.15) is 0 Å². The number of aromatic nitrogens is 2. The van der Waals surface area contributed by atoms with Crippen molar-refractivity contribution in [3.63, 3.8) is 0 Å². The van der Waals surface area contributed by atoms with E-state index in [-0.39, 0.29) is 5.56 Å². The van der Waals surface area contributed by atoms with E-state index in [9.17, 15) is 9.90 Å². The van der Waals surface area contributed by atoms with Crippen LogP contribution in [0, 0.1) is 6.92 Å². The summed E-state index contributed by atoms with van der Waals surface area (Å²) in [5.74, 6) is -0.759. The maximum Gasteiger partial charge on any atom is 0.225 e. The molecule has 0 saturated heterocycles. The van der Waals surface area contributed by atoms with E-state index in [2.05, 4.69) is 9.97 Å². The Labute approximate surface area is 76.0 Å². The van der Waals surface area contributed by atoms with Gasteiger partial charge in [0.1, 0.15) is 0 Å². The Kier molecular flexibility index (Phi) is 2.46. The van der Waals surface area contributed by atoms with Crippen molar-refractivity contribution in [3.05, 3.63) is 17.5 Å². The second-order valence-corrected chi connectivity index (χ2v) is 2.85. The molecule has 0 aromatic carbocycles. The summed E-state index contributed by atoms with van der Waals surface area (Å²) in [5, 5.41) is 10.5. The largest absolute Gasteiger partial charge is 0.545 e. The molecule has 5 nitrogen and oxygen atoms in total. The first-order valence-electron chi connectivity index (χ1n) is 3.74. The van der Waals surface area contributed by atoms with Gasteiger partial charge in [-0.05, 0) is 6.92 Å². The zero-order valence-electron chi connectivity index (χ0n) is 7.74. The molecule has 0 aliphatic rings. The van der Waals surface area contributed by atoms with Crippen molar-refractivity contribution in [1.29, 1.82) is 0 Å². The fourth-order valence-corrected chi connectivity index (χ4v) is 0.871. The van der Waals surface area contributed by atoms with Gasteiger partial charge in [-0.15, -0.1) is 0 Å². The molecular weight excluding hydrogens is 170 g/mol. The van der Waals surface area contributed by atoms with Crippen LogP contribution in [-0.4, -0.2) is 30.0 Å². The first-order valence-corrected chi connectivity index (χ1v) is 3.74.